The highest BCUT2D eigenvalue weighted by molar-refractivity contribution is 5.75. The molecule has 2 rings (SSSR count). The number of carbonyl (C=O) groups excluding carboxylic acids is 1. The summed E-state index contributed by atoms with van der Waals surface area (Å²) in [6.07, 6.45) is 32.9. The molecule has 260 valence electrons. The number of nitrogens with one attached hydrogen (secondary N) is 1. The lowest BCUT2D eigenvalue weighted by molar-refractivity contribution is -0.311. The zero-order valence-corrected chi connectivity index (χ0v) is 28.0. The van der Waals surface area contributed by atoms with E-state index in [-0.39, 0.29) is 31.8 Å². The Hall–Kier alpha value is -2.37. The fraction of sp³-hybridized carbons (Fsp3) is 0.649. The molecule has 0 saturated carbocycles. The number of allylic oxidation sites excluding steroid dienone is 12. The van der Waals surface area contributed by atoms with Crippen LogP contribution in [-0.2, 0) is 28.5 Å². The van der Waals surface area contributed by atoms with E-state index in [1.54, 1.807) is 7.11 Å². The number of amides is 1. The lowest BCUT2D eigenvalue weighted by atomic mass is 10.0. The normalized spacial score (nSPS) is 26.2. The van der Waals surface area contributed by atoms with Gasteiger partial charge in [-0.05, 0) is 64.2 Å². The molecular weight excluding hydrogens is 586 g/mol. The fourth-order valence-electron chi connectivity index (χ4n) is 5.14. The molecule has 3 N–H and O–H groups in total. The van der Waals surface area contributed by atoms with Crippen molar-refractivity contribution in [1.29, 1.82) is 0 Å². The summed E-state index contributed by atoms with van der Waals surface area (Å²) in [6.45, 7) is 2.49. The van der Waals surface area contributed by atoms with Crippen LogP contribution in [0.5, 0.6) is 0 Å². The third-order valence-electron chi connectivity index (χ3n) is 7.61. The summed E-state index contributed by atoms with van der Waals surface area (Å²) in [5.74, 6) is -0.0432. The van der Waals surface area contributed by atoms with Crippen LogP contribution in [0.2, 0.25) is 0 Å². The Balaban J connectivity index is 1.54. The molecule has 0 bridgehead atoms. The van der Waals surface area contributed by atoms with Gasteiger partial charge in [0, 0.05) is 26.5 Å². The van der Waals surface area contributed by atoms with Gasteiger partial charge in [0.1, 0.15) is 6.10 Å². The van der Waals surface area contributed by atoms with Crippen molar-refractivity contribution in [2.24, 2.45) is 0 Å². The summed E-state index contributed by atoms with van der Waals surface area (Å²) in [5, 5.41) is 22.1. The molecule has 6 atom stereocenters. The summed E-state index contributed by atoms with van der Waals surface area (Å²) >= 11 is 0. The highest BCUT2D eigenvalue weighted by atomic mass is 16.7. The standard InChI is InChI=1S/C37H59NO8/c1-3-4-5-6-7-8-9-10-11-12-13-14-15-16-17-18-19-20-21-24-34(41)38-26-27-43-37-36(42-2)33(28-32(30-40)45-37)46-35-25-22-23-31(29-39)44-35/h4-5,7-8,10-11,13-14,16-17,19-20,31-33,35-37,39-40H,3,6,9,12,15,18,21-30H2,1-2H3,(H,38,41)/b5-4-,8-7-,11-10-,14-13-,17-16-,20-19-/t31-,32-,33-,35-,36+,37+/m0/s1. The van der Waals surface area contributed by atoms with E-state index in [0.717, 1.165) is 57.8 Å². The molecule has 0 aromatic rings. The van der Waals surface area contributed by atoms with Gasteiger partial charge in [-0.3, -0.25) is 4.79 Å². The van der Waals surface area contributed by atoms with Crippen molar-refractivity contribution in [3.05, 3.63) is 72.9 Å². The molecule has 0 aromatic heterocycles. The van der Waals surface area contributed by atoms with Crippen LogP contribution < -0.4 is 5.32 Å². The minimum absolute atomic E-state index is 0.0422. The van der Waals surface area contributed by atoms with Gasteiger partial charge >= 0.3 is 0 Å². The van der Waals surface area contributed by atoms with Crippen molar-refractivity contribution in [1.82, 2.24) is 5.32 Å². The van der Waals surface area contributed by atoms with Crippen LogP contribution in [0.15, 0.2) is 72.9 Å². The van der Waals surface area contributed by atoms with Crippen LogP contribution in [-0.4, -0.2) is 86.6 Å². The molecule has 0 unspecified atom stereocenters. The van der Waals surface area contributed by atoms with Gasteiger partial charge in [-0.2, -0.15) is 0 Å². The Morgan fingerprint density at radius 3 is 1.96 bits per heavy atom. The number of aliphatic hydroxyl groups is 2. The Labute approximate surface area is 277 Å². The first kappa shape index (κ1) is 39.8. The highest BCUT2D eigenvalue weighted by Gasteiger charge is 2.42. The minimum Gasteiger partial charge on any atom is -0.394 e. The Morgan fingerprint density at radius 1 is 0.804 bits per heavy atom. The fourth-order valence-corrected chi connectivity index (χ4v) is 5.14. The predicted octanol–water partition coefficient (Wildman–Crippen LogP) is 5.99. The van der Waals surface area contributed by atoms with E-state index in [1.807, 2.05) is 6.08 Å². The monoisotopic (exact) mass is 645 g/mol. The van der Waals surface area contributed by atoms with Gasteiger partial charge in [-0.15, -0.1) is 0 Å². The average molecular weight is 646 g/mol. The lowest BCUT2D eigenvalue weighted by Crippen LogP contribution is -2.54. The lowest BCUT2D eigenvalue weighted by Gasteiger charge is -2.42. The minimum atomic E-state index is -0.756. The smallest absolute Gasteiger partial charge is 0.220 e. The average Bonchev–Trinajstić information content (AvgIpc) is 3.07. The van der Waals surface area contributed by atoms with Gasteiger partial charge in [0.15, 0.2) is 12.6 Å². The number of methoxy groups -OCH3 is 1. The molecule has 0 spiro atoms. The van der Waals surface area contributed by atoms with Crippen molar-refractivity contribution < 1.29 is 38.7 Å². The summed E-state index contributed by atoms with van der Waals surface area (Å²) in [4.78, 5) is 12.2. The predicted molar refractivity (Wildman–Crippen MR) is 182 cm³/mol. The van der Waals surface area contributed by atoms with Crippen LogP contribution in [0.4, 0.5) is 0 Å². The molecule has 2 saturated heterocycles. The molecule has 2 fully saturated rings. The van der Waals surface area contributed by atoms with Gasteiger partial charge in [-0.25, -0.2) is 0 Å². The van der Waals surface area contributed by atoms with E-state index >= 15 is 0 Å². The van der Waals surface area contributed by atoms with Crippen molar-refractivity contribution in [3.63, 3.8) is 0 Å². The molecule has 2 heterocycles. The third-order valence-corrected chi connectivity index (χ3v) is 7.61. The topological polar surface area (TPSA) is 116 Å². The first-order valence-electron chi connectivity index (χ1n) is 17.1. The summed E-state index contributed by atoms with van der Waals surface area (Å²) in [6, 6.07) is 0. The van der Waals surface area contributed by atoms with E-state index in [1.165, 1.54) is 0 Å². The van der Waals surface area contributed by atoms with E-state index in [9.17, 15) is 15.0 Å². The Kier molecular flexibility index (Phi) is 23.1. The zero-order chi connectivity index (χ0) is 33.1. The quantitative estimate of drug-likeness (QED) is 0.0917. The first-order chi connectivity index (χ1) is 22.6. The molecule has 9 heteroatoms. The van der Waals surface area contributed by atoms with E-state index < -0.39 is 30.9 Å². The van der Waals surface area contributed by atoms with Crippen LogP contribution >= 0.6 is 0 Å². The molecular formula is C37H59NO8. The van der Waals surface area contributed by atoms with Crippen LogP contribution in [0, 0.1) is 0 Å². The van der Waals surface area contributed by atoms with Crippen LogP contribution in [0.1, 0.15) is 84.0 Å². The summed E-state index contributed by atoms with van der Waals surface area (Å²) < 4.78 is 29.5. The van der Waals surface area contributed by atoms with Gasteiger partial charge in [0.25, 0.3) is 0 Å². The maximum Gasteiger partial charge on any atom is 0.220 e. The van der Waals surface area contributed by atoms with Gasteiger partial charge in [0.2, 0.25) is 5.91 Å². The van der Waals surface area contributed by atoms with Crippen molar-refractivity contribution >= 4 is 5.91 Å². The molecule has 1 amide bonds. The molecule has 0 aromatic carbocycles. The first-order valence-corrected chi connectivity index (χ1v) is 17.1. The molecule has 2 aliphatic rings. The number of hydrogen-bond donors (Lipinski definition) is 3. The third kappa shape index (κ3) is 18.1. The van der Waals surface area contributed by atoms with Crippen molar-refractivity contribution in [2.45, 2.75) is 121 Å². The zero-order valence-electron chi connectivity index (χ0n) is 28.0. The van der Waals surface area contributed by atoms with Gasteiger partial charge in [0.05, 0.1) is 38.1 Å². The maximum absolute atomic E-state index is 12.2. The largest absolute Gasteiger partial charge is 0.394 e. The molecule has 46 heavy (non-hydrogen) atoms. The van der Waals surface area contributed by atoms with Gasteiger partial charge < -0.3 is 39.2 Å². The summed E-state index contributed by atoms with van der Waals surface area (Å²) in [7, 11) is 1.56. The van der Waals surface area contributed by atoms with Gasteiger partial charge in [-0.1, -0.05) is 79.8 Å². The number of ether oxygens (including phenoxy) is 5. The molecule has 2 aliphatic heterocycles. The van der Waals surface area contributed by atoms with E-state index in [2.05, 4.69) is 79.1 Å². The van der Waals surface area contributed by atoms with Crippen molar-refractivity contribution in [3.8, 4) is 0 Å². The Bertz CT molecular complexity index is 959. The number of carbonyl (C=O) groups is 1. The second-order valence-corrected chi connectivity index (χ2v) is 11.4. The Morgan fingerprint density at radius 2 is 1.39 bits per heavy atom. The van der Waals surface area contributed by atoms with Crippen LogP contribution in [0.25, 0.3) is 0 Å². The number of hydrogen-bond acceptors (Lipinski definition) is 8. The molecule has 0 aliphatic carbocycles. The maximum atomic E-state index is 12.2. The van der Waals surface area contributed by atoms with E-state index in [0.29, 0.717) is 25.8 Å². The SMILES string of the molecule is CC/C=C\C/C=C\C/C=C\C/C=C\C/C=C\C/C=C\CCC(=O)NCCO[C@@H]1O[C@H](CO)C[C@H](O[C@H]2CCC[C@@H](CO)O2)[C@H]1OC. The van der Waals surface area contributed by atoms with Crippen molar-refractivity contribution in [2.75, 3.05) is 33.5 Å². The highest BCUT2D eigenvalue weighted by Crippen LogP contribution is 2.29. The number of aliphatic hydroxyl groups excluding tert-OH is 2. The number of rotatable bonds is 23. The van der Waals surface area contributed by atoms with Crippen LogP contribution in [0.3, 0.4) is 0 Å². The molecule has 9 nitrogen and oxygen atoms in total. The second kappa shape index (κ2) is 26.7. The molecule has 0 radical (unpaired) electrons. The second-order valence-electron chi connectivity index (χ2n) is 11.4. The van der Waals surface area contributed by atoms with E-state index in [4.69, 9.17) is 23.7 Å². The summed E-state index contributed by atoms with van der Waals surface area (Å²) in [5.41, 5.74) is 0.